The van der Waals surface area contributed by atoms with E-state index in [2.05, 4.69) is 0 Å². The first-order chi connectivity index (χ1) is 11.6. The summed E-state index contributed by atoms with van der Waals surface area (Å²) in [6, 6.07) is 13.2. The van der Waals surface area contributed by atoms with Crippen LogP contribution < -0.4 is 9.64 Å². The van der Waals surface area contributed by atoms with Crippen LogP contribution in [-0.2, 0) is 4.79 Å². The van der Waals surface area contributed by atoms with Crippen molar-refractivity contribution in [2.24, 2.45) is 0 Å². The third-order valence-electron chi connectivity index (χ3n) is 3.39. The highest BCUT2D eigenvalue weighted by atomic mass is 32.2. The fourth-order valence-corrected chi connectivity index (χ4v) is 3.11. The zero-order valence-corrected chi connectivity index (χ0v) is 13.7. The molecule has 2 aromatic rings. The van der Waals surface area contributed by atoms with Crippen molar-refractivity contribution in [1.29, 1.82) is 0 Å². The molecule has 5 nitrogen and oxygen atoms in total. The van der Waals surface area contributed by atoms with Gasteiger partial charge in [-0.1, -0.05) is 12.1 Å². The quantitative estimate of drug-likeness (QED) is 0.851. The summed E-state index contributed by atoms with van der Waals surface area (Å²) in [5.74, 6) is 0.477. The Hall–Kier alpha value is -2.73. The van der Waals surface area contributed by atoms with Crippen molar-refractivity contribution in [3.05, 3.63) is 59.0 Å². The molecule has 0 unspecified atom stereocenters. The third kappa shape index (κ3) is 3.28. The van der Waals surface area contributed by atoms with Gasteiger partial charge in [0.25, 0.3) is 11.1 Å². The molecule has 0 bridgehead atoms. The molecule has 0 aromatic heterocycles. The summed E-state index contributed by atoms with van der Waals surface area (Å²) in [4.78, 5) is 26.2. The lowest BCUT2D eigenvalue weighted by atomic mass is 10.2. The molecule has 1 aliphatic heterocycles. The van der Waals surface area contributed by atoms with Crippen LogP contribution in [-0.4, -0.2) is 22.9 Å². The second kappa shape index (κ2) is 6.80. The molecule has 0 aliphatic carbocycles. The third-order valence-corrected chi connectivity index (χ3v) is 4.26. The Morgan fingerprint density at radius 3 is 2.38 bits per heavy atom. The van der Waals surface area contributed by atoms with Crippen molar-refractivity contribution in [1.82, 2.24) is 0 Å². The molecule has 6 heteroatoms. The number of benzene rings is 2. The number of carbonyl (C=O) groups excluding carboxylic acids is 2. The lowest BCUT2D eigenvalue weighted by Gasteiger charge is -2.13. The number of hydrogen-bond donors (Lipinski definition) is 1. The van der Waals surface area contributed by atoms with Crippen LogP contribution in [0.3, 0.4) is 0 Å². The molecule has 122 valence electrons. The number of rotatable bonds is 4. The number of carbonyl (C=O) groups is 2. The molecular weight excluding hydrogens is 326 g/mol. The van der Waals surface area contributed by atoms with Gasteiger partial charge in [-0.15, -0.1) is 0 Å². The number of aromatic hydroxyl groups is 1. The highest BCUT2D eigenvalue weighted by molar-refractivity contribution is 8.19. The molecule has 0 atom stereocenters. The number of thioether (sulfide) groups is 1. The highest BCUT2D eigenvalue weighted by Gasteiger charge is 2.36. The number of ether oxygens (including phenoxy) is 1. The monoisotopic (exact) mass is 341 g/mol. The minimum atomic E-state index is -0.359. The van der Waals surface area contributed by atoms with E-state index < -0.39 is 0 Å². The van der Waals surface area contributed by atoms with Crippen LogP contribution in [0, 0.1) is 0 Å². The molecule has 1 heterocycles. The number of imide groups is 1. The van der Waals surface area contributed by atoms with E-state index in [0.717, 1.165) is 22.2 Å². The van der Waals surface area contributed by atoms with Gasteiger partial charge < -0.3 is 9.84 Å². The van der Waals surface area contributed by atoms with E-state index in [1.54, 1.807) is 42.5 Å². The van der Waals surface area contributed by atoms with Gasteiger partial charge in [-0.3, -0.25) is 9.59 Å². The molecule has 1 fully saturated rings. The van der Waals surface area contributed by atoms with Crippen LogP contribution in [0.15, 0.2) is 53.4 Å². The Bertz CT molecular complexity index is 797. The summed E-state index contributed by atoms with van der Waals surface area (Å²) in [6.45, 7) is 2.44. The van der Waals surface area contributed by atoms with E-state index in [-0.39, 0.29) is 16.9 Å². The van der Waals surface area contributed by atoms with Gasteiger partial charge in [-0.25, -0.2) is 4.90 Å². The van der Waals surface area contributed by atoms with Crippen molar-refractivity contribution in [2.75, 3.05) is 11.5 Å². The lowest BCUT2D eigenvalue weighted by Crippen LogP contribution is -2.27. The summed E-state index contributed by atoms with van der Waals surface area (Å²) < 4.78 is 5.36. The Morgan fingerprint density at radius 1 is 1.08 bits per heavy atom. The average molecular weight is 341 g/mol. The number of anilines is 1. The number of amides is 2. The van der Waals surface area contributed by atoms with E-state index >= 15 is 0 Å². The fraction of sp³-hybridized carbons (Fsp3) is 0.111. The normalized spacial score (nSPS) is 16.0. The largest absolute Gasteiger partial charge is 0.508 e. The Morgan fingerprint density at radius 2 is 1.75 bits per heavy atom. The molecule has 2 amide bonds. The van der Waals surface area contributed by atoms with Gasteiger partial charge in [0.2, 0.25) is 0 Å². The molecule has 0 spiro atoms. The maximum absolute atomic E-state index is 12.5. The summed E-state index contributed by atoms with van der Waals surface area (Å²) >= 11 is 0.895. The molecule has 3 rings (SSSR count). The predicted molar refractivity (Wildman–Crippen MR) is 94.2 cm³/mol. The topological polar surface area (TPSA) is 66.8 Å². The minimum Gasteiger partial charge on any atom is -0.508 e. The second-order valence-electron chi connectivity index (χ2n) is 5.04. The van der Waals surface area contributed by atoms with E-state index in [0.29, 0.717) is 22.9 Å². The van der Waals surface area contributed by atoms with Crippen LogP contribution in [0.1, 0.15) is 12.5 Å². The summed E-state index contributed by atoms with van der Waals surface area (Å²) in [7, 11) is 0. The first kappa shape index (κ1) is 16.1. The maximum Gasteiger partial charge on any atom is 0.298 e. The van der Waals surface area contributed by atoms with Gasteiger partial charge in [0.05, 0.1) is 17.2 Å². The van der Waals surface area contributed by atoms with Crippen LogP contribution in [0.5, 0.6) is 11.5 Å². The Balaban J connectivity index is 1.84. The summed E-state index contributed by atoms with van der Waals surface area (Å²) in [6.07, 6.45) is 1.64. The van der Waals surface area contributed by atoms with Gasteiger partial charge in [0, 0.05) is 0 Å². The number of phenols is 1. The van der Waals surface area contributed by atoms with Crippen LogP contribution in [0.4, 0.5) is 10.5 Å². The van der Waals surface area contributed by atoms with Crippen LogP contribution in [0.2, 0.25) is 0 Å². The van der Waals surface area contributed by atoms with E-state index in [1.807, 2.05) is 6.92 Å². The zero-order chi connectivity index (χ0) is 17.1. The minimum absolute atomic E-state index is 0.148. The van der Waals surface area contributed by atoms with Crippen molar-refractivity contribution in [3.63, 3.8) is 0 Å². The molecule has 1 N–H and O–H groups in total. The van der Waals surface area contributed by atoms with Crippen molar-refractivity contribution < 1.29 is 19.4 Å². The fourth-order valence-electron chi connectivity index (χ4n) is 2.27. The molecule has 0 radical (unpaired) electrons. The van der Waals surface area contributed by atoms with Crippen molar-refractivity contribution in [3.8, 4) is 11.5 Å². The highest BCUT2D eigenvalue weighted by Crippen LogP contribution is 2.36. The first-order valence-corrected chi connectivity index (χ1v) is 8.20. The van der Waals surface area contributed by atoms with Gasteiger partial charge in [-0.2, -0.15) is 0 Å². The maximum atomic E-state index is 12.5. The van der Waals surface area contributed by atoms with Crippen LogP contribution >= 0.6 is 11.8 Å². The van der Waals surface area contributed by atoms with E-state index in [1.165, 1.54) is 12.1 Å². The average Bonchev–Trinajstić information content (AvgIpc) is 2.85. The van der Waals surface area contributed by atoms with Gasteiger partial charge in [0.1, 0.15) is 11.5 Å². The Kier molecular flexibility index (Phi) is 4.57. The van der Waals surface area contributed by atoms with Gasteiger partial charge >= 0.3 is 0 Å². The zero-order valence-electron chi connectivity index (χ0n) is 12.9. The number of phenolic OH excluding ortho intramolecular Hbond substituents is 1. The molecular formula is C18H15NO4S. The standard InChI is InChI=1S/C18H15NO4S/c1-2-23-15-9-5-13(6-10-15)19-17(21)16(24-18(19)22)11-12-3-7-14(20)8-4-12/h3-11,20H,2H2,1H3/b16-11-. The molecule has 0 saturated carbocycles. The van der Waals surface area contributed by atoms with Crippen molar-refractivity contribution in [2.45, 2.75) is 6.92 Å². The van der Waals surface area contributed by atoms with Gasteiger partial charge in [-0.05, 0) is 66.7 Å². The molecule has 2 aromatic carbocycles. The van der Waals surface area contributed by atoms with Crippen molar-refractivity contribution >= 4 is 34.7 Å². The van der Waals surface area contributed by atoms with E-state index in [4.69, 9.17) is 4.74 Å². The van der Waals surface area contributed by atoms with Crippen LogP contribution in [0.25, 0.3) is 6.08 Å². The first-order valence-electron chi connectivity index (χ1n) is 7.38. The summed E-state index contributed by atoms with van der Waals surface area (Å²) in [5, 5.41) is 8.96. The van der Waals surface area contributed by atoms with Gasteiger partial charge in [0.15, 0.2) is 0 Å². The van der Waals surface area contributed by atoms with E-state index in [9.17, 15) is 14.7 Å². The predicted octanol–water partition coefficient (Wildman–Crippen LogP) is 4.03. The smallest absolute Gasteiger partial charge is 0.298 e. The second-order valence-corrected chi connectivity index (χ2v) is 6.03. The molecule has 1 aliphatic rings. The number of nitrogens with zero attached hydrogens (tertiary/aromatic N) is 1. The Labute approximate surface area is 143 Å². The summed E-state index contributed by atoms with van der Waals surface area (Å²) in [5.41, 5.74) is 1.25. The lowest BCUT2D eigenvalue weighted by molar-refractivity contribution is -0.113. The SMILES string of the molecule is CCOc1ccc(N2C(=O)S/C(=C\c3ccc(O)cc3)C2=O)cc1. The molecule has 24 heavy (non-hydrogen) atoms. The number of hydrogen-bond acceptors (Lipinski definition) is 5. The molecule has 1 saturated heterocycles.